The lowest BCUT2D eigenvalue weighted by atomic mass is 10.0. The van der Waals surface area contributed by atoms with Crippen molar-refractivity contribution in [3.8, 4) is 5.75 Å². The molecule has 0 aliphatic heterocycles. The number of hydrogen-bond donors (Lipinski definition) is 1. The molecule has 0 bridgehead atoms. The Hall–Kier alpha value is -0.500. The molecule has 0 atom stereocenters. The first kappa shape index (κ1) is 18.5. The molecular weight excluding hydrogens is 324 g/mol. The number of halogens is 1. The van der Waals surface area contributed by atoms with E-state index in [1.54, 1.807) is 0 Å². The first-order chi connectivity index (χ1) is 10.1. The van der Waals surface area contributed by atoms with Crippen LogP contribution in [-0.2, 0) is 6.42 Å². The Balaban J connectivity index is 2.05. The van der Waals surface area contributed by atoms with Crippen molar-refractivity contribution in [2.24, 2.45) is 0 Å². The van der Waals surface area contributed by atoms with Gasteiger partial charge in [-0.2, -0.15) is 0 Å². The summed E-state index contributed by atoms with van der Waals surface area (Å²) in [4.78, 5) is 0. The minimum absolute atomic E-state index is 0.451. The first-order valence-corrected chi connectivity index (χ1v) is 9.42. The Labute approximate surface area is 139 Å². The van der Waals surface area contributed by atoms with Crippen LogP contribution in [0.4, 0.5) is 0 Å². The first-order valence-electron chi connectivity index (χ1n) is 8.63. The fourth-order valence-electron chi connectivity index (χ4n) is 2.71. The number of hydrogen-bond acceptors (Lipinski definition) is 1. The lowest BCUT2D eigenvalue weighted by Gasteiger charge is -2.08. The SMILES string of the molecule is CCCCCCCCCCCCc1cc(Br)c(C)cc1O. The van der Waals surface area contributed by atoms with Crippen LogP contribution in [0.2, 0.25) is 0 Å². The van der Waals surface area contributed by atoms with Gasteiger partial charge in [-0.3, -0.25) is 0 Å². The maximum atomic E-state index is 9.94. The molecule has 0 radical (unpaired) electrons. The van der Waals surface area contributed by atoms with Crippen LogP contribution in [0.15, 0.2) is 16.6 Å². The summed E-state index contributed by atoms with van der Waals surface area (Å²) >= 11 is 3.54. The van der Waals surface area contributed by atoms with Gasteiger partial charge in [-0.05, 0) is 43.0 Å². The smallest absolute Gasteiger partial charge is 0.119 e. The van der Waals surface area contributed by atoms with Crippen LogP contribution in [0, 0.1) is 6.92 Å². The molecule has 0 unspecified atom stereocenters. The highest BCUT2D eigenvalue weighted by atomic mass is 79.9. The molecule has 0 spiro atoms. The van der Waals surface area contributed by atoms with Crippen LogP contribution < -0.4 is 0 Å². The summed E-state index contributed by atoms with van der Waals surface area (Å²) in [6.07, 6.45) is 14.5. The van der Waals surface area contributed by atoms with Crippen LogP contribution in [0.25, 0.3) is 0 Å². The van der Waals surface area contributed by atoms with Gasteiger partial charge in [0.25, 0.3) is 0 Å². The number of phenols is 1. The quantitative estimate of drug-likeness (QED) is 0.427. The van der Waals surface area contributed by atoms with E-state index in [-0.39, 0.29) is 0 Å². The van der Waals surface area contributed by atoms with Crippen LogP contribution >= 0.6 is 15.9 Å². The van der Waals surface area contributed by atoms with Gasteiger partial charge in [0.1, 0.15) is 5.75 Å². The summed E-state index contributed by atoms with van der Waals surface area (Å²) in [5.41, 5.74) is 2.17. The molecule has 0 fully saturated rings. The van der Waals surface area contributed by atoms with E-state index in [1.807, 2.05) is 13.0 Å². The second-order valence-corrected chi connectivity index (χ2v) is 7.02. The lowest BCUT2D eigenvalue weighted by molar-refractivity contribution is 0.465. The summed E-state index contributed by atoms with van der Waals surface area (Å²) in [6.45, 7) is 4.28. The largest absolute Gasteiger partial charge is 0.508 e. The van der Waals surface area contributed by atoms with Gasteiger partial charge in [-0.1, -0.05) is 80.6 Å². The van der Waals surface area contributed by atoms with Gasteiger partial charge in [-0.25, -0.2) is 0 Å². The monoisotopic (exact) mass is 354 g/mol. The Morgan fingerprint density at radius 2 is 1.38 bits per heavy atom. The van der Waals surface area contributed by atoms with Crippen molar-refractivity contribution in [3.63, 3.8) is 0 Å². The standard InChI is InChI=1S/C19H31BrO/c1-3-4-5-6-7-8-9-10-11-12-13-17-15-18(20)16(2)14-19(17)21/h14-15,21H,3-13H2,1-2H3. The molecule has 0 saturated heterocycles. The second-order valence-electron chi connectivity index (χ2n) is 6.16. The Morgan fingerprint density at radius 1 is 0.857 bits per heavy atom. The summed E-state index contributed by atoms with van der Waals surface area (Å²) < 4.78 is 1.10. The summed E-state index contributed by atoms with van der Waals surface area (Å²) in [5.74, 6) is 0.451. The van der Waals surface area contributed by atoms with Gasteiger partial charge in [0.2, 0.25) is 0 Å². The maximum absolute atomic E-state index is 9.94. The van der Waals surface area contributed by atoms with Crippen molar-refractivity contribution in [1.29, 1.82) is 0 Å². The Morgan fingerprint density at radius 3 is 1.95 bits per heavy atom. The van der Waals surface area contributed by atoms with Crippen molar-refractivity contribution in [2.75, 3.05) is 0 Å². The third-order valence-electron chi connectivity index (χ3n) is 4.16. The molecule has 1 rings (SSSR count). The number of benzene rings is 1. The van der Waals surface area contributed by atoms with E-state index in [2.05, 4.69) is 28.9 Å². The van der Waals surface area contributed by atoms with E-state index in [9.17, 15) is 5.11 Å². The molecule has 0 aliphatic rings. The highest BCUT2D eigenvalue weighted by Crippen LogP contribution is 2.27. The Kier molecular flexibility index (Phi) is 9.82. The zero-order valence-corrected chi connectivity index (χ0v) is 15.3. The van der Waals surface area contributed by atoms with Gasteiger partial charge in [0.15, 0.2) is 0 Å². The molecule has 0 saturated carbocycles. The lowest BCUT2D eigenvalue weighted by Crippen LogP contribution is -1.89. The number of unbranched alkanes of at least 4 members (excludes halogenated alkanes) is 9. The molecule has 1 N–H and O–H groups in total. The predicted molar refractivity (Wildman–Crippen MR) is 96.1 cm³/mol. The highest BCUT2D eigenvalue weighted by molar-refractivity contribution is 9.10. The number of rotatable bonds is 11. The van der Waals surface area contributed by atoms with E-state index in [4.69, 9.17) is 0 Å². The van der Waals surface area contributed by atoms with Crippen molar-refractivity contribution in [2.45, 2.75) is 84.5 Å². The minimum Gasteiger partial charge on any atom is -0.508 e. The van der Waals surface area contributed by atoms with Crippen molar-refractivity contribution in [1.82, 2.24) is 0 Å². The van der Waals surface area contributed by atoms with Crippen LogP contribution in [0.5, 0.6) is 5.75 Å². The molecule has 2 heteroatoms. The number of phenolic OH excluding ortho intramolecular Hbond substituents is 1. The zero-order valence-electron chi connectivity index (χ0n) is 13.8. The van der Waals surface area contributed by atoms with Gasteiger partial charge >= 0.3 is 0 Å². The van der Waals surface area contributed by atoms with E-state index in [0.29, 0.717) is 5.75 Å². The summed E-state index contributed by atoms with van der Waals surface area (Å²) in [7, 11) is 0. The van der Waals surface area contributed by atoms with Crippen molar-refractivity contribution >= 4 is 15.9 Å². The van der Waals surface area contributed by atoms with Gasteiger partial charge in [0.05, 0.1) is 0 Å². The van der Waals surface area contributed by atoms with Gasteiger partial charge < -0.3 is 5.11 Å². The van der Waals surface area contributed by atoms with Gasteiger partial charge in [-0.15, -0.1) is 0 Å². The zero-order chi connectivity index (χ0) is 15.5. The molecule has 1 nitrogen and oxygen atoms in total. The molecule has 1 aromatic rings. The molecule has 21 heavy (non-hydrogen) atoms. The Bertz CT molecular complexity index is 401. The van der Waals surface area contributed by atoms with E-state index in [1.165, 1.54) is 64.2 Å². The average Bonchev–Trinajstić information content (AvgIpc) is 2.46. The maximum Gasteiger partial charge on any atom is 0.119 e. The molecular formula is C19H31BrO. The summed E-state index contributed by atoms with van der Waals surface area (Å²) in [5, 5.41) is 9.94. The number of aryl methyl sites for hydroxylation is 2. The minimum atomic E-state index is 0.451. The molecule has 120 valence electrons. The highest BCUT2D eigenvalue weighted by Gasteiger charge is 2.04. The van der Waals surface area contributed by atoms with Crippen molar-refractivity contribution in [3.05, 3.63) is 27.7 Å². The van der Waals surface area contributed by atoms with E-state index < -0.39 is 0 Å². The predicted octanol–water partition coefficient (Wildman–Crippen LogP) is 6.93. The summed E-state index contributed by atoms with van der Waals surface area (Å²) in [6, 6.07) is 3.92. The molecule has 0 aromatic heterocycles. The molecule has 0 amide bonds. The fraction of sp³-hybridized carbons (Fsp3) is 0.684. The molecule has 0 heterocycles. The topological polar surface area (TPSA) is 20.2 Å². The second kappa shape index (κ2) is 11.1. The van der Waals surface area contributed by atoms with Crippen molar-refractivity contribution < 1.29 is 5.11 Å². The van der Waals surface area contributed by atoms with E-state index >= 15 is 0 Å². The average molecular weight is 355 g/mol. The van der Waals surface area contributed by atoms with Crippen LogP contribution in [0.3, 0.4) is 0 Å². The van der Waals surface area contributed by atoms with Crippen LogP contribution in [0.1, 0.15) is 82.3 Å². The third-order valence-corrected chi connectivity index (χ3v) is 5.01. The van der Waals surface area contributed by atoms with Gasteiger partial charge in [0, 0.05) is 4.47 Å². The molecule has 0 aliphatic carbocycles. The normalized spacial score (nSPS) is 11.0. The fourth-order valence-corrected chi connectivity index (χ4v) is 3.10. The number of aromatic hydroxyl groups is 1. The van der Waals surface area contributed by atoms with E-state index in [0.717, 1.165) is 22.0 Å². The molecule has 1 aromatic carbocycles. The third kappa shape index (κ3) is 7.90. The van der Waals surface area contributed by atoms with Crippen LogP contribution in [-0.4, -0.2) is 5.11 Å².